The Hall–Kier alpha value is -1.61. The first kappa shape index (κ1) is 12.8. The van der Waals surface area contributed by atoms with Gasteiger partial charge in [-0.05, 0) is 32.3 Å². The number of imidazole rings is 1. The third-order valence-electron chi connectivity index (χ3n) is 3.12. The summed E-state index contributed by atoms with van der Waals surface area (Å²) >= 11 is 0. The summed E-state index contributed by atoms with van der Waals surface area (Å²) in [4.78, 5) is 7.30. The zero-order valence-electron chi connectivity index (χ0n) is 11.1. The number of aryl methyl sites for hydroxylation is 2. The van der Waals surface area contributed by atoms with Gasteiger partial charge >= 0.3 is 0 Å². The standard InChI is InChI=1S/C15H21N3/c1-12-4-3-5-14(10-12)7-6-13(2)18-11-15-16-8-9-17-15/h3-5,8-10,13,18H,6-7,11H2,1-2H3,(H,16,17). The van der Waals surface area contributed by atoms with Gasteiger partial charge in [0.05, 0.1) is 6.54 Å². The van der Waals surface area contributed by atoms with E-state index in [-0.39, 0.29) is 0 Å². The highest BCUT2D eigenvalue weighted by molar-refractivity contribution is 5.22. The summed E-state index contributed by atoms with van der Waals surface area (Å²) < 4.78 is 0. The smallest absolute Gasteiger partial charge is 0.120 e. The minimum absolute atomic E-state index is 0.496. The maximum atomic E-state index is 4.20. The Morgan fingerprint density at radius 1 is 1.39 bits per heavy atom. The third kappa shape index (κ3) is 4.00. The summed E-state index contributed by atoms with van der Waals surface area (Å²) in [7, 11) is 0. The summed E-state index contributed by atoms with van der Waals surface area (Å²) in [6.45, 7) is 5.17. The Kier molecular flexibility index (Phi) is 4.53. The highest BCUT2D eigenvalue weighted by Gasteiger charge is 2.03. The Morgan fingerprint density at radius 3 is 3.00 bits per heavy atom. The maximum absolute atomic E-state index is 4.20. The molecule has 0 aliphatic carbocycles. The second-order valence-electron chi connectivity index (χ2n) is 4.85. The summed E-state index contributed by atoms with van der Waals surface area (Å²) in [5.74, 6) is 0.998. The van der Waals surface area contributed by atoms with Crippen LogP contribution in [-0.2, 0) is 13.0 Å². The quantitative estimate of drug-likeness (QED) is 0.819. The van der Waals surface area contributed by atoms with Crippen molar-refractivity contribution in [2.24, 2.45) is 0 Å². The first-order valence-electron chi connectivity index (χ1n) is 6.51. The van der Waals surface area contributed by atoms with Crippen molar-refractivity contribution in [2.75, 3.05) is 0 Å². The van der Waals surface area contributed by atoms with E-state index in [1.54, 1.807) is 6.20 Å². The van der Waals surface area contributed by atoms with E-state index in [0.717, 1.165) is 25.2 Å². The molecule has 0 fully saturated rings. The Morgan fingerprint density at radius 2 is 2.28 bits per heavy atom. The van der Waals surface area contributed by atoms with Gasteiger partial charge < -0.3 is 10.3 Å². The van der Waals surface area contributed by atoms with E-state index < -0.39 is 0 Å². The summed E-state index contributed by atoms with van der Waals surface area (Å²) in [6.07, 6.45) is 5.90. The lowest BCUT2D eigenvalue weighted by atomic mass is 10.0. The largest absolute Gasteiger partial charge is 0.348 e. The van der Waals surface area contributed by atoms with Crippen LogP contribution in [0.1, 0.15) is 30.3 Å². The van der Waals surface area contributed by atoms with E-state index in [9.17, 15) is 0 Å². The molecular formula is C15H21N3. The number of hydrogen-bond acceptors (Lipinski definition) is 2. The first-order valence-corrected chi connectivity index (χ1v) is 6.51. The van der Waals surface area contributed by atoms with Crippen LogP contribution in [0.25, 0.3) is 0 Å². The molecule has 0 radical (unpaired) electrons. The van der Waals surface area contributed by atoms with Gasteiger partial charge in [0, 0.05) is 18.4 Å². The van der Waals surface area contributed by atoms with Crippen LogP contribution in [-0.4, -0.2) is 16.0 Å². The predicted molar refractivity (Wildman–Crippen MR) is 74.4 cm³/mol. The molecule has 2 N–H and O–H groups in total. The van der Waals surface area contributed by atoms with Crippen molar-refractivity contribution in [1.29, 1.82) is 0 Å². The topological polar surface area (TPSA) is 40.7 Å². The van der Waals surface area contributed by atoms with Crippen LogP contribution in [0, 0.1) is 6.92 Å². The van der Waals surface area contributed by atoms with Crippen LogP contribution in [0.5, 0.6) is 0 Å². The zero-order valence-corrected chi connectivity index (χ0v) is 11.1. The molecule has 1 aromatic carbocycles. The SMILES string of the molecule is Cc1cccc(CCC(C)NCc2ncc[nH]2)c1. The molecule has 0 aliphatic heterocycles. The molecule has 1 heterocycles. The van der Waals surface area contributed by atoms with Crippen molar-refractivity contribution >= 4 is 0 Å². The third-order valence-corrected chi connectivity index (χ3v) is 3.12. The molecule has 18 heavy (non-hydrogen) atoms. The van der Waals surface area contributed by atoms with Gasteiger partial charge in [-0.1, -0.05) is 29.8 Å². The van der Waals surface area contributed by atoms with Crippen molar-refractivity contribution < 1.29 is 0 Å². The Labute approximate surface area is 109 Å². The van der Waals surface area contributed by atoms with E-state index in [0.29, 0.717) is 6.04 Å². The second kappa shape index (κ2) is 6.36. The molecule has 2 rings (SSSR count). The fourth-order valence-electron chi connectivity index (χ4n) is 2.02. The number of aromatic amines is 1. The second-order valence-corrected chi connectivity index (χ2v) is 4.85. The van der Waals surface area contributed by atoms with Gasteiger partial charge in [-0.15, -0.1) is 0 Å². The minimum atomic E-state index is 0.496. The van der Waals surface area contributed by atoms with Crippen LogP contribution in [0.15, 0.2) is 36.7 Å². The van der Waals surface area contributed by atoms with Gasteiger partial charge in [-0.25, -0.2) is 4.98 Å². The fourth-order valence-corrected chi connectivity index (χ4v) is 2.02. The summed E-state index contributed by atoms with van der Waals surface area (Å²) in [6, 6.07) is 9.23. The van der Waals surface area contributed by atoms with Crippen LogP contribution in [0.4, 0.5) is 0 Å². The highest BCUT2D eigenvalue weighted by atomic mass is 15.0. The van der Waals surface area contributed by atoms with Gasteiger partial charge in [0.15, 0.2) is 0 Å². The van der Waals surface area contributed by atoms with Crippen molar-refractivity contribution in [3.05, 3.63) is 53.6 Å². The van der Waals surface area contributed by atoms with Gasteiger partial charge in [-0.2, -0.15) is 0 Å². The van der Waals surface area contributed by atoms with Gasteiger partial charge in [0.1, 0.15) is 5.82 Å². The lowest BCUT2D eigenvalue weighted by molar-refractivity contribution is 0.506. The Bertz CT molecular complexity index is 462. The van der Waals surface area contributed by atoms with Gasteiger partial charge in [0.2, 0.25) is 0 Å². The van der Waals surface area contributed by atoms with Crippen LogP contribution in [0.3, 0.4) is 0 Å². The number of rotatable bonds is 6. The number of nitrogens with one attached hydrogen (secondary N) is 2. The first-order chi connectivity index (χ1) is 8.74. The number of hydrogen-bond donors (Lipinski definition) is 2. The average molecular weight is 243 g/mol. The van der Waals surface area contributed by atoms with Gasteiger partial charge in [0.25, 0.3) is 0 Å². The molecule has 0 saturated heterocycles. The molecule has 0 spiro atoms. The van der Waals surface area contributed by atoms with E-state index in [2.05, 4.69) is 53.4 Å². The monoisotopic (exact) mass is 243 g/mol. The molecule has 0 amide bonds. The van der Waals surface area contributed by atoms with Crippen LogP contribution < -0.4 is 5.32 Å². The van der Waals surface area contributed by atoms with Crippen molar-refractivity contribution in [1.82, 2.24) is 15.3 Å². The summed E-state index contributed by atoms with van der Waals surface area (Å²) in [5.41, 5.74) is 2.75. The zero-order chi connectivity index (χ0) is 12.8. The molecule has 1 atom stereocenters. The molecule has 1 unspecified atom stereocenters. The molecule has 2 aromatic rings. The molecule has 1 aromatic heterocycles. The average Bonchev–Trinajstić information content (AvgIpc) is 2.87. The molecule has 0 saturated carbocycles. The number of nitrogens with zero attached hydrogens (tertiary/aromatic N) is 1. The predicted octanol–water partition coefficient (Wildman–Crippen LogP) is 2.83. The number of H-pyrrole nitrogens is 1. The number of aromatic nitrogens is 2. The molecule has 0 bridgehead atoms. The van der Waals surface area contributed by atoms with E-state index in [1.165, 1.54) is 11.1 Å². The van der Waals surface area contributed by atoms with E-state index in [1.807, 2.05) is 6.20 Å². The van der Waals surface area contributed by atoms with Crippen molar-refractivity contribution in [2.45, 2.75) is 39.3 Å². The molecular weight excluding hydrogens is 222 g/mol. The maximum Gasteiger partial charge on any atom is 0.120 e. The van der Waals surface area contributed by atoms with E-state index >= 15 is 0 Å². The summed E-state index contributed by atoms with van der Waals surface area (Å²) in [5, 5.41) is 3.48. The van der Waals surface area contributed by atoms with Crippen molar-refractivity contribution in [3.8, 4) is 0 Å². The van der Waals surface area contributed by atoms with Gasteiger partial charge in [-0.3, -0.25) is 0 Å². The minimum Gasteiger partial charge on any atom is -0.348 e. The van der Waals surface area contributed by atoms with Crippen LogP contribution in [0.2, 0.25) is 0 Å². The Balaban J connectivity index is 1.73. The van der Waals surface area contributed by atoms with Crippen LogP contribution >= 0.6 is 0 Å². The molecule has 3 heteroatoms. The highest BCUT2D eigenvalue weighted by Crippen LogP contribution is 2.08. The normalized spacial score (nSPS) is 12.6. The molecule has 0 aliphatic rings. The fraction of sp³-hybridized carbons (Fsp3) is 0.400. The molecule has 3 nitrogen and oxygen atoms in total. The van der Waals surface area contributed by atoms with E-state index in [4.69, 9.17) is 0 Å². The lowest BCUT2D eigenvalue weighted by Gasteiger charge is -2.13. The molecule has 96 valence electrons. The van der Waals surface area contributed by atoms with Crippen molar-refractivity contribution in [3.63, 3.8) is 0 Å². The lowest BCUT2D eigenvalue weighted by Crippen LogP contribution is -2.26. The number of benzene rings is 1.